The lowest BCUT2D eigenvalue weighted by molar-refractivity contribution is -0.359. The van der Waals surface area contributed by atoms with E-state index in [1.54, 1.807) is 6.08 Å². The summed E-state index contributed by atoms with van der Waals surface area (Å²) in [6.45, 7) is 2.71. The van der Waals surface area contributed by atoms with Crippen LogP contribution in [0.4, 0.5) is 0 Å². The predicted molar refractivity (Wildman–Crippen MR) is 282 cm³/mol. The highest BCUT2D eigenvalue weighted by atomic mass is 16.7. The molecule has 12 atom stereocenters. The molecule has 0 saturated carbocycles. The number of hydrogen-bond donors (Lipinski definition) is 9. The molecule has 71 heavy (non-hydrogen) atoms. The SMILES string of the molecule is CCCCCC/C=C/C(O)C(COC1OC(CO)C(OC2OC(CO)C(O)C(O)C2O)C(O)C1O)NC(=O)CCCCCCCCCCCCCCCCCCCCC/C=C\CCCCCCCCCC. The second-order valence-electron chi connectivity index (χ2n) is 20.8. The van der Waals surface area contributed by atoms with Crippen molar-refractivity contribution in [3.05, 3.63) is 24.3 Å². The Morgan fingerprint density at radius 1 is 0.493 bits per heavy atom. The van der Waals surface area contributed by atoms with E-state index in [4.69, 9.17) is 18.9 Å². The quantitative estimate of drug-likeness (QED) is 0.0205. The first-order chi connectivity index (χ1) is 34.6. The Balaban J connectivity index is 1.57. The molecule has 0 aromatic rings. The van der Waals surface area contributed by atoms with E-state index < -0.39 is 86.8 Å². The van der Waals surface area contributed by atoms with Gasteiger partial charge >= 0.3 is 0 Å². The van der Waals surface area contributed by atoms with Crippen LogP contribution < -0.4 is 5.32 Å². The number of carbonyl (C=O) groups excluding carboxylic acids is 1. The molecule has 2 saturated heterocycles. The van der Waals surface area contributed by atoms with Gasteiger partial charge in [0.2, 0.25) is 5.91 Å². The number of aliphatic hydroxyl groups excluding tert-OH is 8. The summed E-state index contributed by atoms with van der Waals surface area (Å²) in [5, 5.41) is 86.4. The minimum absolute atomic E-state index is 0.242. The van der Waals surface area contributed by atoms with Crippen molar-refractivity contribution in [2.75, 3.05) is 19.8 Å². The maximum atomic E-state index is 13.1. The topological polar surface area (TPSA) is 228 Å². The summed E-state index contributed by atoms with van der Waals surface area (Å²) in [6.07, 6.45) is 34.4. The summed E-state index contributed by atoms with van der Waals surface area (Å²) in [4.78, 5) is 13.1. The number of rotatable bonds is 46. The van der Waals surface area contributed by atoms with Gasteiger partial charge in [0.1, 0.15) is 48.8 Å². The van der Waals surface area contributed by atoms with Gasteiger partial charge in [-0.2, -0.15) is 0 Å². The lowest BCUT2D eigenvalue weighted by Gasteiger charge is -2.46. The zero-order chi connectivity index (χ0) is 51.7. The van der Waals surface area contributed by atoms with Gasteiger partial charge < -0.3 is 65.1 Å². The molecule has 14 heteroatoms. The van der Waals surface area contributed by atoms with Crippen molar-refractivity contribution >= 4 is 5.91 Å². The maximum absolute atomic E-state index is 13.1. The molecule has 0 aromatic heterocycles. The van der Waals surface area contributed by atoms with Gasteiger partial charge in [-0.3, -0.25) is 4.79 Å². The number of amides is 1. The molecule has 2 aliphatic heterocycles. The lowest BCUT2D eigenvalue weighted by Crippen LogP contribution is -2.65. The summed E-state index contributed by atoms with van der Waals surface area (Å²) in [6, 6.07) is -0.908. The minimum atomic E-state index is -1.78. The summed E-state index contributed by atoms with van der Waals surface area (Å²) in [5.74, 6) is -0.242. The van der Waals surface area contributed by atoms with Crippen molar-refractivity contribution < 1.29 is 64.6 Å². The second kappa shape index (κ2) is 43.7. The molecule has 0 aliphatic carbocycles. The first-order valence-corrected chi connectivity index (χ1v) is 29.1. The van der Waals surface area contributed by atoms with E-state index in [9.17, 15) is 45.6 Å². The number of ether oxygens (including phenoxy) is 4. The van der Waals surface area contributed by atoms with Crippen LogP contribution in [0.5, 0.6) is 0 Å². The van der Waals surface area contributed by atoms with E-state index in [0.29, 0.717) is 6.42 Å². The average molecular weight is 1010 g/mol. The Morgan fingerprint density at radius 3 is 1.35 bits per heavy atom. The number of carbonyl (C=O) groups is 1. The van der Waals surface area contributed by atoms with Crippen LogP contribution in [0.2, 0.25) is 0 Å². The summed E-state index contributed by atoms with van der Waals surface area (Å²) in [7, 11) is 0. The van der Waals surface area contributed by atoms with Crippen molar-refractivity contribution in [1.29, 1.82) is 0 Å². The standard InChI is InChI=1S/C57H107NO13/c1-3-5-7-9-11-12-13-14-15-16-17-18-19-20-21-22-23-24-25-26-27-28-29-30-31-32-33-34-35-37-39-41-49(62)58-45(46(61)40-38-36-10-8-6-4-2)44-68-56-54(67)52(65)55(48(43-60)70-56)71-57-53(66)51(64)50(63)47(42-59)69-57/h16-17,38,40,45-48,50-57,59-61,63-67H,3-15,18-37,39,41-44H2,1-2H3,(H,58,62)/b17-16-,40-38+. The fraction of sp³-hybridized carbons (Fsp3) is 0.912. The molecular weight excluding hydrogens is 907 g/mol. The molecule has 12 unspecified atom stereocenters. The van der Waals surface area contributed by atoms with E-state index in [0.717, 1.165) is 51.4 Å². The molecule has 2 heterocycles. The van der Waals surface area contributed by atoms with E-state index in [1.807, 2.05) is 6.08 Å². The third-order valence-corrected chi connectivity index (χ3v) is 14.4. The highest BCUT2D eigenvalue weighted by Gasteiger charge is 2.51. The molecule has 0 aromatic carbocycles. The van der Waals surface area contributed by atoms with Crippen LogP contribution in [0.15, 0.2) is 24.3 Å². The van der Waals surface area contributed by atoms with Crippen molar-refractivity contribution in [3.8, 4) is 0 Å². The monoisotopic (exact) mass is 1010 g/mol. The van der Waals surface area contributed by atoms with Gasteiger partial charge in [-0.15, -0.1) is 0 Å². The number of unbranched alkanes of at least 4 members (excludes halogenated alkanes) is 31. The van der Waals surface area contributed by atoms with Gasteiger partial charge in [-0.25, -0.2) is 0 Å². The number of hydrogen-bond acceptors (Lipinski definition) is 13. The molecule has 14 nitrogen and oxygen atoms in total. The van der Waals surface area contributed by atoms with Gasteiger partial charge in [-0.1, -0.05) is 212 Å². The van der Waals surface area contributed by atoms with Crippen LogP contribution in [-0.2, 0) is 23.7 Å². The fourth-order valence-electron chi connectivity index (χ4n) is 9.64. The Morgan fingerprint density at radius 2 is 0.887 bits per heavy atom. The lowest BCUT2D eigenvalue weighted by atomic mass is 9.97. The first-order valence-electron chi connectivity index (χ1n) is 29.1. The van der Waals surface area contributed by atoms with E-state index >= 15 is 0 Å². The third kappa shape index (κ3) is 30.0. The number of allylic oxidation sites excluding steroid dienone is 3. The van der Waals surface area contributed by atoms with Crippen molar-refractivity contribution in [1.82, 2.24) is 5.32 Å². The van der Waals surface area contributed by atoms with Crippen LogP contribution in [0.1, 0.15) is 239 Å². The molecule has 0 radical (unpaired) electrons. The van der Waals surface area contributed by atoms with Crippen LogP contribution in [0.3, 0.4) is 0 Å². The van der Waals surface area contributed by atoms with Crippen molar-refractivity contribution in [2.45, 2.75) is 312 Å². The van der Waals surface area contributed by atoms with Crippen LogP contribution in [0, 0.1) is 0 Å². The molecule has 418 valence electrons. The molecule has 0 bridgehead atoms. The zero-order valence-electron chi connectivity index (χ0n) is 44.7. The number of aliphatic hydroxyl groups is 8. The summed E-state index contributed by atoms with van der Waals surface area (Å²) in [5.41, 5.74) is 0. The van der Waals surface area contributed by atoms with Gasteiger partial charge in [0.05, 0.1) is 32.0 Å². The van der Waals surface area contributed by atoms with E-state index in [2.05, 4.69) is 31.3 Å². The normalized spacial score (nSPS) is 25.9. The second-order valence-corrected chi connectivity index (χ2v) is 20.8. The van der Waals surface area contributed by atoms with Crippen LogP contribution in [0.25, 0.3) is 0 Å². The van der Waals surface area contributed by atoms with Gasteiger partial charge in [0, 0.05) is 6.42 Å². The first kappa shape index (κ1) is 65.6. The average Bonchev–Trinajstić information content (AvgIpc) is 3.37. The number of nitrogens with one attached hydrogen (secondary N) is 1. The Labute approximate surface area is 430 Å². The van der Waals surface area contributed by atoms with Gasteiger partial charge in [0.25, 0.3) is 0 Å². The molecule has 0 spiro atoms. The molecule has 2 rings (SSSR count). The molecule has 2 fully saturated rings. The molecule has 1 amide bonds. The maximum Gasteiger partial charge on any atom is 0.220 e. The molecule has 2 aliphatic rings. The fourth-order valence-corrected chi connectivity index (χ4v) is 9.64. The Kier molecular flexibility index (Phi) is 40.4. The smallest absolute Gasteiger partial charge is 0.220 e. The van der Waals surface area contributed by atoms with Gasteiger partial charge in [0.15, 0.2) is 12.6 Å². The Hall–Kier alpha value is -1.53. The largest absolute Gasteiger partial charge is 0.394 e. The van der Waals surface area contributed by atoms with Gasteiger partial charge in [-0.05, 0) is 44.9 Å². The minimum Gasteiger partial charge on any atom is -0.394 e. The highest BCUT2D eigenvalue weighted by molar-refractivity contribution is 5.76. The van der Waals surface area contributed by atoms with Crippen molar-refractivity contribution in [2.24, 2.45) is 0 Å². The van der Waals surface area contributed by atoms with Crippen LogP contribution in [-0.4, -0.2) is 140 Å². The van der Waals surface area contributed by atoms with Crippen molar-refractivity contribution in [3.63, 3.8) is 0 Å². The third-order valence-electron chi connectivity index (χ3n) is 14.4. The summed E-state index contributed by atoms with van der Waals surface area (Å²) >= 11 is 0. The zero-order valence-corrected chi connectivity index (χ0v) is 44.7. The highest BCUT2D eigenvalue weighted by Crippen LogP contribution is 2.30. The van der Waals surface area contributed by atoms with Crippen LogP contribution >= 0.6 is 0 Å². The summed E-state index contributed by atoms with van der Waals surface area (Å²) < 4.78 is 22.6. The predicted octanol–water partition coefficient (Wildman–Crippen LogP) is 9.28. The molecular formula is C57H107NO13. The van der Waals surface area contributed by atoms with E-state index in [-0.39, 0.29) is 18.9 Å². The molecule has 9 N–H and O–H groups in total. The Bertz CT molecular complexity index is 1290. The van der Waals surface area contributed by atoms with E-state index in [1.165, 1.54) is 161 Å².